The van der Waals surface area contributed by atoms with Gasteiger partial charge in [0.15, 0.2) is 6.61 Å². The van der Waals surface area contributed by atoms with E-state index in [1.165, 1.54) is 0 Å². The molecule has 6 heteroatoms. The van der Waals surface area contributed by atoms with Crippen molar-refractivity contribution >= 4 is 23.2 Å². The summed E-state index contributed by atoms with van der Waals surface area (Å²) < 4.78 is 11.0. The lowest BCUT2D eigenvalue weighted by atomic mass is 10.2. The van der Waals surface area contributed by atoms with Crippen LogP contribution >= 0.6 is 0 Å². The van der Waals surface area contributed by atoms with Gasteiger partial charge in [0.05, 0.1) is 6.61 Å². The highest BCUT2D eigenvalue weighted by Crippen LogP contribution is 2.30. The van der Waals surface area contributed by atoms with E-state index in [1.54, 1.807) is 36.4 Å². The van der Waals surface area contributed by atoms with E-state index in [-0.39, 0.29) is 24.3 Å². The molecule has 1 fully saturated rings. The molecule has 2 aromatic carbocycles. The second-order valence-electron chi connectivity index (χ2n) is 6.50. The third-order valence-corrected chi connectivity index (χ3v) is 4.03. The largest absolute Gasteiger partial charge is 0.494 e. The monoisotopic (exact) mass is 368 g/mol. The summed E-state index contributed by atoms with van der Waals surface area (Å²) in [5.74, 6) is 1.27. The van der Waals surface area contributed by atoms with Crippen LogP contribution in [0, 0.1) is 5.92 Å². The average Bonchev–Trinajstić information content (AvgIpc) is 3.51. The minimum absolute atomic E-state index is 0.0353. The van der Waals surface area contributed by atoms with E-state index in [9.17, 15) is 9.59 Å². The van der Waals surface area contributed by atoms with Crippen LogP contribution in [0.3, 0.4) is 0 Å². The minimum atomic E-state index is -0.271. The predicted molar refractivity (Wildman–Crippen MR) is 104 cm³/mol. The third-order valence-electron chi connectivity index (χ3n) is 4.03. The molecule has 0 radical (unpaired) electrons. The lowest BCUT2D eigenvalue weighted by molar-refractivity contribution is -0.118. The second-order valence-corrected chi connectivity index (χ2v) is 6.50. The van der Waals surface area contributed by atoms with Gasteiger partial charge in [0.25, 0.3) is 5.91 Å². The van der Waals surface area contributed by atoms with Gasteiger partial charge in [-0.2, -0.15) is 0 Å². The molecule has 6 nitrogen and oxygen atoms in total. The Balaban J connectivity index is 1.46. The first-order valence-electron chi connectivity index (χ1n) is 9.20. The first-order valence-corrected chi connectivity index (χ1v) is 9.20. The van der Waals surface area contributed by atoms with Crippen molar-refractivity contribution in [2.45, 2.75) is 26.2 Å². The normalized spacial score (nSPS) is 12.9. The zero-order chi connectivity index (χ0) is 19.1. The van der Waals surface area contributed by atoms with Crippen LogP contribution in [0.4, 0.5) is 11.4 Å². The smallest absolute Gasteiger partial charge is 0.262 e. The maximum absolute atomic E-state index is 12.1. The van der Waals surface area contributed by atoms with Crippen LogP contribution in [0.5, 0.6) is 11.5 Å². The molecule has 0 spiro atoms. The SMILES string of the molecule is CCCOc1ccc(OCC(=O)Nc2cccc(NC(=O)C3CC3)c2)cc1. The molecule has 1 aliphatic rings. The summed E-state index contributed by atoms with van der Waals surface area (Å²) in [6.07, 6.45) is 2.85. The second kappa shape index (κ2) is 9.07. The number of anilines is 2. The predicted octanol–water partition coefficient (Wildman–Crippen LogP) is 3.84. The van der Waals surface area contributed by atoms with Crippen molar-refractivity contribution in [1.29, 1.82) is 0 Å². The van der Waals surface area contributed by atoms with Gasteiger partial charge in [0.1, 0.15) is 11.5 Å². The molecule has 27 heavy (non-hydrogen) atoms. The van der Waals surface area contributed by atoms with E-state index in [0.717, 1.165) is 25.0 Å². The Morgan fingerprint density at radius 3 is 2.22 bits per heavy atom. The Morgan fingerprint density at radius 1 is 0.963 bits per heavy atom. The Hall–Kier alpha value is -3.02. The van der Waals surface area contributed by atoms with E-state index in [1.807, 2.05) is 19.1 Å². The Kier molecular flexibility index (Phi) is 6.30. The van der Waals surface area contributed by atoms with E-state index in [0.29, 0.717) is 23.7 Å². The van der Waals surface area contributed by atoms with Gasteiger partial charge >= 0.3 is 0 Å². The van der Waals surface area contributed by atoms with E-state index < -0.39 is 0 Å². The number of carbonyl (C=O) groups is 2. The summed E-state index contributed by atoms with van der Waals surface area (Å²) in [6, 6.07) is 14.3. The van der Waals surface area contributed by atoms with Gasteiger partial charge in [-0.15, -0.1) is 0 Å². The highest BCUT2D eigenvalue weighted by molar-refractivity contribution is 5.96. The topological polar surface area (TPSA) is 76.7 Å². The van der Waals surface area contributed by atoms with Crippen LogP contribution in [0.1, 0.15) is 26.2 Å². The molecule has 0 atom stereocenters. The van der Waals surface area contributed by atoms with Gasteiger partial charge in [0.2, 0.25) is 5.91 Å². The summed E-state index contributed by atoms with van der Waals surface area (Å²) in [6.45, 7) is 2.61. The molecule has 0 heterocycles. The molecule has 142 valence electrons. The Bertz CT molecular complexity index is 785. The fourth-order valence-corrected chi connectivity index (χ4v) is 2.46. The number of nitrogens with one attached hydrogen (secondary N) is 2. The van der Waals surface area contributed by atoms with Crippen molar-refractivity contribution in [1.82, 2.24) is 0 Å². The molecule has 0 bridgehead atoms. The molecule has 2 amide bonds. The standard InChI is InChI=1S/C21H24N2O4/c1-2-12-26-18-8-10-19(11-9-18)27-14-20(24)22-16-4-3-5-17(13-16)23-21(25)15-6-7-15/h3-5,8-11,13,15H,2,6-7,12,14H2,1H3,(H,22,24)(H,23,25). The van der Waals surface area contributed by atoms with Crippen LogP contribution in [0.15, 0.2) is 48.5 Å². The molecule has 1 aliphatic carbocycles. The molecule has 1 saturated carbocycles. The van der Waals surface area contributed by atoms with Crippen molar-refractivity contribution in [3.63, 3.8) is 0 Å². The van der Waals surface area contributed by atoms with E-state index >= 15 is 0 Å². The third kappa shape index (κ3) is 6.02. The minimum Gasteiger partial charge on any atom is -0.494 e. The molecule has 0 saturated heterocycles. The maximum Gasteiger partial charge on any atom is 0.262 e. The van der Waals surface area contributed by atoms with E-state index in [2.05, 4.69) is 10.6 Å². The summed E-state index contributed by atoms with van der Waals surface area (Å²) in [5.41, 5.74) is 1.29. The van der Waals surface area contributed by atoms with Crippen LogP contribution in [0.25, 0.3) is 0 Å². The highest BCUT2D eigenvalue weighted by atomic mass is 16.5. The number of benzene rings is 2. The van der Waals surface area contributed by atoms with Gasteiger partial charge in [0, 0.05) is 17.3 Å². The first-order chi connectivity index (χ1) is 13.1. The summed E-state index contributed by atoms with van der Waals surface area (Å²) in [4.78, 5) is 23.9. The molecular weight excluding hydrogens is 344 g/mol. The maximum atomic E-state index is 12.1. The summed E-state index contributed by atoms with van der Waals surface area (Å²) in [5, 5.41) is 5.63. The Morgan fingerprint density at radius 2 is 1.59 bits per heavy atom. The zero-order valence-electron chi connectivity index (χ0n) is 15.4. The molecule has 3 rings (SSSR count). The van der Waals surface area contributed by atoms with Crippen LogP contribution in [0.2, 0.25) is 0 Å². The summed E-state index contributed by atoms with van der Waals surface area (Å²) in [7, 11) is 0. The molecule has 0 aromatic heterocycles. The molecule has 0 aliphatic heterocycles. The van der Waals surface area contributed by atoms with Gasteiger partial charge in [-0.1, -0.05) is 13.0 Å². The lowest BCUT2D eigenvalue weighted by Crippen LogP contribution is -2.20. The molecule has 0 unspecified atom stereocenters. The van der Waals surface area contributed by atoms with Crippen LogP contribution < -0.4 is 20.1 Å². The fourth-order valence-electron chi connectivity index (χ4n) is 2.46. The molecule has 2 aromatic rings. The number of carbonyl (C=O) groups excluding carboxylic acids is 2. The number of ether oxygens (including phenoxy) is 2. The number of rotatable bonds is 9. The fraction of sp³-hybridized carbons (Fsp3) is 0.333. The molecule has 2 N–H and O–H groups in total. The van der Waals surface area contributed by atoms with Gasteiger partial charge < -0.3 is 20.1 Å². The number of hydrogen-bond acceptors (Lipinski definition) is 4. The van der Waals surface area contributed by atoms with Gasteiger partial charge in [-0.05, 0) is 61.7 Å². The van der Waals surface area contributed by atoms with Crippen molar-refractivity contribution in [2.75, 3.05) is 23.8 Å². The first kappa shape index (κ1) is 18.8. The van der Waals surface area contributed by atoms with Crippen molar-refractivity contribution in [3.8, 4) is 11.5 Å². The summed E-state index contributed by atoms with van der Waals surface area (Å²) >= 11 is 0. The van der Waals surface area contributed by atoms with Gasteiger partial charge in [-0.25, -0.2) is 0 Å². The number of amides is 2. The van der Waals surface area contributed by atoms with Gasteiger partial charge in [-0.3, -0.25) is 9.59 Å². The Labute approximate surface area is 158 Å². The van der Waals surface area contributed by atoms with Crippen molar-refractivity contribution in [2.24, 2.45) is 5.92 Å². The number of hydrogen-bond donors (Lipinski definition) is 2. The quantitative estimate of drug-likeness (QED) is 0.705. The zero-order valence-corrected chi connectivity index (χ0v) is 15.4. The highest BCUT2D eigenvalue weighted by Gasteiger charge is 2.29. The van der Waals surface area contributed by atoms with Crippen molar-refractivity contribution < 1.29 is 19.1 Å². The molecular formula is C21H24N2O4. The van der Waals surface area contributed by atoms with E-state index in [4.69, 9.17) is 9.47 Å². The average molecular weight is 368 g/mol. The lowest BCUT2D eigenvalue weighted by Gasteiger charge is -2.10. The van der Waals surface area contributed by atoms with Crippen LogP contribution in [-0.2, 0) is 9.59 Å². The van der Waals surface area contributed by atoms with Crippen molar-refractivity contribution in [3.05, 3.63) is 48.5 Å². The van der Waals surface area contributed by atoms with Crippen LogP contribution in [-0.4, -0.2) is 25.0 Å².